The van der Waals surface area contributed by atoms with Crippen LogP contribution in [-0.2, 0) is 6.42 Å². The van der Waals surface area contributed by atoms with Gasteiger partial charge in [0.1, 0.15) is 11.4 Å². The Balaban J connectivity index is 1.53. The Kier molecular flexibility index (Phi) is 5.62. The molecule has 0 unspecified atom stereocenters. The molecule has 0 saturated heterocycles. The fourth-order valence-electron chi connectivity index (χ4n) is 4.37. The summed E-state index contributed by atoms with van der Waals surface area (Å²) in [5.74, 6) is -0.867. The summed E-state index contributed by atoms with van der Waals surface area (Å²) in [6, 6.07) is 21.6. The highest BCUT2D eigenvalue weighted by Crippen LogP contribution is 2.31. The number of rotatable bonds is 6. The predicted molar refractivity (Wildman–Crippen MR) is 130 cm³/mol. The SMILES string of the molecule is COc1ccc(-n2nc(C(=O)O)c3c2C(=O)N(c2ccc(-c4ccccc4C=O)cc2)CC3)cc1. The van der Waals surface area contributed by atoms with Crippen LogP contribution < -0.4 is 9.64 Å². The lowest BCUT2D eigenvalue weighted by Crippen LogP contribution is -2.39. The molecule has 1 aromatic heterocycles. The molecular weight excluding hydrogens is 446 g/mol. The first-order valence-electron chi connectivity index (χ1n) is 11.0. The van der Waals surface area contributed by atoms with Crippen molar-refractivity contribution in [2.75, 3.05) is 18.6 Å². The van der Waals surface area contributed by atoms with Gasteiger partial charge in [-0.05, 0) is 53.9 Å². The number of carbonyl (C=O) groups is 3. The molecule has 8 nitrogen and oxygen atoms in total. The fraction of sp³-hybridized carbons (Fsp3) is 0.111. The van der Waals surface area contributed by atoms with Crippen molar-refractivity contribution in [3.05, 3.63) is 95.3 Å². The molecule has 0 radical (unpaired) electrons. The third-order valence-corrected chi connectivity index (χ3v) is 6.11. The van der Waals surface area contributed by atoms with E-state index in [-0.39, 0.29) is 17.3 Å². The Morgan fingerprint density at radius 2 is 1.69 bits per heavy atom. The van der Waals surface area contributed by atoms with Gasteiger partial charge in [-0.1, -0.05) is 36.4 Å². The van der Waals surface area contributed by atoms with Crippen molar-refractivity contribution in [1.82, 2.24) is 9.78 Å². The average Bonchev–Trinajstić information content (AvgIpc) is 3.30. The second-order valence-corrected chi connectivity index (χ2v) is 8.05. The maximum absolute atomic E-state index is 13.6. The van der Waals surface area contributed by atoms with Crippen LogP contribution in [0.3, 0.4) is 0 Å². The first-order valence-corrected chi connectivity index (χ1v) is 11.0. The number of carbonyl (C=O) groups excluding carboxylic acids is 2. The van der Waals surface area contributed by atoms with Crippen LogP contribution in [0.5, 0.6) is 5.75 Å². The summed E-state index contributed by atoms with van der Waals surface area (Å²) < 4.78 is 6.59. The van der Waals surface area contributed by atoms with E-state index in [1.807, 2.05) is 42.5 Å². The van der Waals surface area contributed by atoms with Crippen LogP contribution in [0.15, 0.2) is 72.8 Å². The molecule has 0 fully saturated rings. The van der Waals surface area contributed by atoms with Crippen molar-refractivity contribution in [1.29, 1.82) is 0 Å². The average molecular weight is 467 g/mol. The fourth-order valence-corrected chi connectivity index (χ4v) is 4.37. The van der Waals surface area contributed by atoms with Crippen LogP contribution in [0.25, 0.3) is 16.8 Å². The van der Waals surface area contributed by atoms with Crippen molar-refractivity contribution in [3.8, 4) is 22.6 Å². The van der Waals surface area contributed by atoms with Gasteiger partial charge in [0.15, 0.2) is 12.0 Å². The number of aromatic carboxylic acids is 1. The molecular formula is C27H21N3O5. The zero-order valence-corrected chi connectivity index (χ0v) is 18.8. The van der Waals surface area contributed by atoms with Gasteiger partial charge in [-0.2, -0.15) is 5.10 Å². The van der Waals surface area contributed by atoms with Gasteiger partial charge in [0, 0.05) is 23.4 Å². The van der Waals surface area contributed by atoms with E-state index in [1.165, 1.54) is 4.68 Å². The smallest absolute Gasteiger partial charge is 0.356 e. The van der Waals surface area contributed by atoms with E-state index in [2.05, 4.69) is 5.10 Å². The largest absolute Gasteiger partial charge is 0.497 e. The Morgan fingerprint density at radius 1 is 1.00 bits per heavy atom. The summed E-state index contributed by atoms with van der Waals surface area (Å²) in [4.78, 5) is 38.5. The molecule has 3 aromatic carbocycles. The first kappa shape index (κ1) is 22.1. The van der Waals surface area contributed by atoms with E-state index in [4.69, 9.17) is 4.74 Å². The molecule has 0 aliphatic carbocycles. The second kappa shape index (κ2) is 8.90. The van der Waals surface area contributed by atoms with Gasteiger partial charge in [-0.15, -0.1) is 0 Å². The molecule has 1 aliphatic heterocycles. The van der Waals surface area contributed by atoms with Crippen LogP contribution in [-0.4, -0.2) is 46.7 Å². The number of ether oxygens (including phenoxy) is 1. The maximum Gasteiger partial charge on any atom is 0.356 e. The molecule has 4 aromatic rings. The van der Waals surface area contributed by atoms with Crippen molar-refractivity contribution in [2.45, 2.75) is 6.42 Å². The number of hydrogen-bond acceptors (Lipinski definition) is 5. The number of carboxylic acids is 1. The highest BCUT2D eigenvalue weighted by Gasteiger charge is 2.35. The monoisotopic (exact) mass is 467 g/mol. The molecule has 174 valence electrons. The molecule has 1 aliphatic rings. The van der Waals surface area contributed by atoms with Crippen molar-refractivity contribution in [3.63, 3.8) is 0 Å². The third kappa shape index (κ3) is 3.85. The number of benzene rings is 3. The van der Waals surface area contributed by atoms with Crippen molar-refractivity contribution >= 4 is 23.9 Å². The third-order valence-electron chi connectivity index (χ3n) is 6.11. The molecule has 0 bridgehead atoms. The van der Waals surface area contributed by atoms with E-state index in [0.717, 1.165) is 17.4 Å². The van der Waals surface area contributed by atoms with E-state index in [0.29, 0.717) is 41.2 Å². The molecule has 35 heavy (non-hydrogen) atoms. The zero-order valence-electron chi connectivity index (χ0n) is 18.8. The van der Waals surface area contributed by atoms with E-state index >= 15 is 0 Å². The zero-order chi connectivity index (χ0) is 24.5. The van der Waals surface area contributed by atoms with Gasteiger partial charge in [0.2, 0.25) is 0 Å². The number of fused-ring (bicyclic) bond motifs is 1. The van der Waals surface area contributed by atoms with Crippen LogP contribution >= 0.6 is 0 Å². The number of hydrogen-bond donors (Lipinski definition) is 1. The normalized spacial score (nSPS) is 12.8. The van der Waals surface area contributed by atoms with Gasteiger partial charge >= 0.3 is 5.97 Å². The Bertz CT molecular complexity index is 1440. The van der Waals surface area contributed by atoms with Crippen LogP contribution in [0.2, 0.25) is 0 Å². The molecule has 1 amide bonds. The molecule has 1 N–H and O–H groups in total. The van der Waals surface area contributed by atoms with Gasteiger partial charge < -0.3 is 14.7 Å². The van der Waals surface area contributed by atoms with Crippen molar-refractivity contribution < 1.29 is 24.2 Å². The standard InChI is InChI=1S/C27H21N3O5/c1-35-21-12-10-20(11-13-21)30-25-23(24(28-30)27(33)34)14-15-29(26(25)32)19-8-6-17(7-9-19)22-5-3-2-4-18(22)16-31/h2-13,16H,14-15H2,1H3,(H,33,34). The lowest BCUT2D eigenvalue weighted by molar-refractivity contribution is 0.0688. The van der Waals surface area contributed by atoms with Crippen LogP contribution in [0.1, 0.15) is 36.9 Å². The molecule has 5 rings (SSSR count). The molecule has 0 atom stereocenters. The summed E-state index contributed by atoms with van der Waals surface area (Å²) in [5.41, 5.74) is 4.02. The van der Waals surface area contributed by atoms with Gasteiger partial charge in [-0.3, -0.25) is 9.59 Å². The quantitative estimate of drug-likeness (QED) is 0.425. The molecule has 0 spiro atoms. The summed E-state index contributed by atoms with van der Waals surface area (Å²) >= 11 is 0. The molecule has 8 heteroatoms. The molecule has 2 heterocycles. The minimum atomic E-state index is -1.17. The van der Waals surface area contributed by atoms with Crippen molar-refractivity contribution in [2.24, 2.45) is 0 Å². The maximum atomic E-state index is 13.6. The number of amides is 1. The summed E-state index contributed by atoms with van der Waals surface area (Å²) in [6.45, 7) is 0.324. The predicted octanol–water partition coefficient (Wildman–Crippen LogP) is 4.26. The van der Waals surface area contributed by atoms with E-state index in [9.17, 15) is 19.5 Å². The Hall–Kier alpha value is -4.72. The highest BCUT2D eigenvalue weighted by molar-refractivity contribution is 6.09. The number of nitrogens with zero attached hydrogens (tertiary/aromatic N) is 3. The minimum Gasteiger partial charge on any atom is -0.497 e. The lowest BCUT2D eigenvalue weighted by atomic mass is 9.99. The summed E-state index contributed by atoms with van der Waals surface area (Å²) in [7, 11) is 1.55. The molecule has 0 saturated carbocycles. The van der Waals surface area contributed by atoms with Gasteiger partial charge in [0.25, 0.3) is 5.91 Å². The number of aldehydes is 1. The van der Waals surface area contributed by atoms with Crippen LogP contribution in [0.4, 0.5) is 5.69 Å². The number of methoxy groups -OCH3 is 1. The number of carboxylic acid groups (broad SMARTS) is 1. The Labute approximate surface area is 201 Å². The number of aromatic nitrogens is 2. The minimum absolute atomic E-state index is 0.121. The van der Waals surface area contributed by atoms with Gasteiger partial charge in [-0.25, -0.2) is 9.48 Å². The first-order chi connectivity index (χ1) is 17.0. The highest BCUT2D eigenvalue weighted by atomic mass is 16.5. The van der Waals surface area contributed by atoms with E-state index in [1.54, 1.807) is 42.3 Å². The van der Waals surface area contributed by atoms with Gasteiger partial charge in [0.05, 0.1) is 12.8 Å². The summed E-state index contributed by atoms with van der Waals surface area (Å²) in [6.07, 6.45) is 1.17. The number of anilines is 1. The second-order valence-electron chi connectivity index (χ2n) is 8.05. The Morgan fingerprint density at radius 3 is 2.34 bits per heavy atom. The van der Waals surface area contributed by atoms with E-state index < -0.39 is 5.97 Å². The summed E-state index contributed by atoms with van der Waals surface area (Å²) in [5, 5.41) is 14.0. The van der Waals surface area contributed by atoms with Crippen LogP contribution in [0, 0.1) is 0 Å². The lowest BCUT2D eigenvalue weighted by Gasteiger charge is -2.28. The topological polar surface area (TPSA) is 102 Å².